The van der Waals surface area contributed by atoms with Crippen LogP contribution in [0.2, 0.25) is 0 Å². The van der Waals surface area contributed by atoms with Gasteiger partial charge < -0.3 is 31.0 Å². The number of nitrogens with one attached hydrogen (secondary N) is 2. The summed E-state index contributed by atoms with van der Waals surface area (Å²) in [6.45, 7) is 9.61. The molecule has 0 aromatic carbocycles. The molecule has 3 aliphatic rings. The second-order valence-electron chi connectivity index (χ2n) is 7.92. The van der Waals surface area contributed by atoms with Crippen LogP contribution in [0.25, 0.3) is 0 Å². The van der Waals surface area contributed by atoms with E-state index < -0.39 is 0 Å². The molecule has 3 aliphatic heterocycles. The predicted octanol–water partition coefficient (Wildman–Crippen LogP) is 0.311. The van der Waals surface area contributed by atoms with Gasteiger partial charge in [-0.15, -0.1) is 6.54 Å². The molecule has 3 saturated heterocycles. The Labute approximate surface area is 165 Å². The number of rotatable bonds is 6. The molecule has 6 nitrogen and oxygen atoms in total. The van der Waals surface area contributed by atoms with Crippen LogP contribution in [-0.4, -0.2) is 67.1 Å². The van der Waals surface area contributed by atoms with E-state index in [1.165, 1.54) is 12.8 Å². The number of carbonyl (C=O) groups excluding carboxylic acids is 1. The molecule has 3 fully saturated rings. The van der Waals surface area contributed by atoms with Crippen molar-refractivity contribution in [3.05, 3.63) is 13.1 Å². The summed E-state index contributed by atoms with van der Waals surface area (Å²) in [5.41, 5.74) is 6.07. The first-order chi connectivity index (χ1) is 11.6. The van der Waals surface area contributed by atoms with Gasteiger partial charge in [0.1, 0.15) is 0 Å². The standard InChI is InChI=1S/C18H33N5O.Os/c1-18(12-19)7-11-22(13-18)14-20-9-6-17(24)23-10-3-4-15-16(23)5-2-8-21-15;/h6,14-16,20-21H,2-5,7-13,19H2,1H3;/q-2;+2. The number of piperidine rings is 2. The molecular weight excluding hydrogens is 492 g/mol. The Hall–Kier alpha value is -0.184. The molecule has 25 heavy (non-hydrogen) atoms. The van der Waals surface area contributed by atoms with Crippen LogP contribution in [0.3, 0.4) is 0 Å². The third-order valence-corrected chi connectivity index (χ3v) is 5.89. The summed E-state index contributed by atoms with van der Waals surface area (Å²) in [7, 11) is 0. The Morgan fingerprint density at radius 2 is 2.20 bits per heavy atom. The molecule has 0 aromatic rings. The van der Waals surface area contributed by atoms with E-state index in [4.69, 9.17) is 5.73 Å². The van der Waals surface area contributed by atoms with Gasteiger partial charge in [0.25, 0.3) is 0 Å². The molecular formula is C18H33N5OOs. The minimum absolute atomic E-state index is 0. The normalized spacial score (nSPS) is 32.8. The minimum atomic E-state index is 0. The number of nitrogens with two attached hydrogens (primary N) is 1. The Morgan fingerprint density at radius 3 is 2.96 bits per heavy atom. The molecule has 7 heteroatoms. The van der Waals surface area contributed by atoms with Crippen LogP contribution in [0.5, 0.6) is 0 Å². The predicted molar refractivity (Wildman–Crippen MR) is 95.7 cm³/mol. The molecule has 144 valence electrons. The first kappa shape index (κ1) is 21.1. The molecule has 4 N–H and O–H groups in total. The molecule has 3 unspecified atom stereocenters. The second kappa shape index (κ2) is 9.67. The van der Waals surface area contributed by atoms with Crippen molar-refractivity contribution >= 4 is 5.91 Å². The maximum Gasteiger partial charge on any atom is 2.00 e. The van der Waals surface area contributed by atoms with Crippen LogP contribution >= 0.6 is 0 Å². The van der Waals surface area contributed by atoms with Gasteiger partial charge in [-0.2, -0.15) is 0 Å². The van der Waals surface area contributed by atoms with Crippen molar-refractivity contribution in [2.24, 2.45) is 11.1 Å². The van der Waals surface area contributed by atoms with Gasteiger partial charge in [0.2, 0.25) is 0 Å². The van der Waals surface area contributed by atoms with Gasteiger partial charge in [-0.3, -0.25) is 6.42 Å². The van der Waals surface area contributed by atoms with E-state index in [1.807, 2.05) is 6.67 Å². The molecule has 3 rings (SSSR count). The molecule has 0 aromatic heterocycles. The molecule has 0 bridgehead atoms. The number of carbonyl (C=O) groups is 1. The van der Waals surface area contributed by atoms with Crippen molar-refractivity contribution in [2.45, 2.75) is 51.1 Å². The molecule has 3 atom stereocenters. The molecule has 0 aliphatic carbocycles. The zero-order valence-corrected chi connectivity index (χ0v) is 17.9. The van der Waals surface area contributed by atoms with Gasteiger partial charge in [0.15, 0.2) is 0 Å². The van der Waals surface area contributed by atoms with Crippen LogP contribution in [0, 0.1) is 18.5 Å². The molecule has 0 spiro atoms. The van der Waals surface area contributed by atoms with Gasteiger partial charge in [0, 0.05) is 18.6 Å². The number of fused-ring (bicyclic) bond motifs is 1. The topological polar surface area (TPSA) is 73.6 Å². The number of amides is 1. The van der Waals surface area contributed by atoms with Crippen molar-refractivity contribution in [2.75, 3.05) is 39.3 Å². The van der Waals surface area contributed by atoms with Crippen molar-refractivity contribution in [3.8, 4) is 0 Å². The van der Waals surface area contributed by atoms with Gasteiger partial charge >= 0.3 is 19.8 Å². The van der Waals surface area contributed by atoms with Crippen molar-refractivity contribution in [1.29, 1.82) is 0 Å². The maximum atomic E-state index is 12.6. The van der Waals surface area contributed by atoms with Crippen molar-refractivity contribution in [1.82, 2.24) is 20.4 Å². The Bertz CT molecular complexity index is 436. The first-order valence-electron chi connectivity index (χ1n) is 9.49. The van der Waals surface area contributed by atoms with Gasteiger partial charge in [-0.25, -0.2) is 6.67 Å². The smallest absolute Gasteiger partial charge is 0.479 e. The molecule has 1 amide bonds. The Balaban J connectivity index is 0.00000225. The van der Waals surface area contributed by atoms with Crippen LogP contribution < -0.4 is 16.4 Å². The third kappa shape index (κ3) is 5.40. The number of nitrogens with zero attached hydrogens (tertiary/aromatic N) is 2. The van der Waals surface area contributed by atoms with Gasteiger partial charge in [-0.1, -0.05) is 6.92 Å². The summed E-state index contributed by atoms with van der Waals surface area (Å²) >= 11 is 0. The van der Waals surface area contributed by atoms with E-state index in [1.54, 1.807) is 6.42 Å². The van der Waals surface area contributed by atoms with Crippen molar-refractivity contribution < 1.29 is 24.6 Å². The monoisotopic (exact) mass is 527 g/mol. The first-order valence-corrected chi connectivity index (χ1v) is 9.49. The van der Waals surface area contributed by atoms with Crippen LogP contribution in [-0.2, 0) is 24.6 Å². The van der Waals surface area contributed by atoms with Crippen LogP contribution in [0.4, 0.5) is 0 Å². The van der Waals surface area contributed by atoms with Crippen LogP contribution in [0.15, 0.2) is 0 Å². The summed E-state index contributed by atoms with van der Waals surface area (Å²) < 4.78 is 0. The van der Waals surface area contributed by atoms with E-state index in [0.29, 0.717) is 18.6 Å². The average Bonchev–Trinajstić information content (AvgIpc) is 3.00. The number of likely N-dealkylation sites (tertiary alicyclic amines) is 2. The Morgan fingerprint density at radius 1 is 1.36 bits per heavy atom. The van der Waals surface area contributed by atoms with E-state index in [-0.39, 0.29) is 31.1 Å². The summed E-state index contributed by atoms with van der Waals surface area (Å²) in [4.78, 5) is 16.9. The fourth-order valence-electron chi connectivity index (χ4n) is 4.31. The minimum Gasteiger partial charge on any atom is -0.479 e. The van der Waals surface area contributed by atoms with Gasteiger partial charge in [-0.05, 0) is 63.7 Å². The van der Waals surface area contributed by atoms with Crippen LogP contribution in [0.1, 0.15) is 39.0 Å². The zero-order valence-electron chi connectivity index (χ0n) is 15.3. The second-order valence-corrected chi connectivity index (χ2v) is 7.92. The van der Waals surface area contributed by atoms with E-state index in [0.717, 1.165) is 52.0 Å². The fourth-order valence-corrected chi connectivity index (χ4v) is 4.31. The van der Waals surface area contributed by atoms with E-state index in [9.17, 15) is 4.79 Å². The summed E-state index contributed by atoms with van der Waals surface area (Å²) in [5.74, 6) is 0.183. The number of hydrogen-bond acceptors (Lipinski definition) is 5. The molecule has 0 saturated carbocycles. The van der Waals surface area contributed by atoms with E-state index >= 15 is 0 Å². The van der Waals surface area contributed by atoms with Gasteiger partial charge in [0.05, 0.1) is 5.91 Å². The Kier molecular flexibility index (Phi) is 8.17. The summed E-state index contributed by atoms with van der Waals surface area (Å²) in [5, 5.41) is 6.85. The van der Waals surface area contributed by atoms with Crippen molar-refractivity contribution in [3.63, 3.8) is 0 Å². The summed E-state index contributed by atoms with van der Waals surface area (Å²) in [6, 6.07) is 0.895. The average molecular weight is 526 g/mol. The quantitative estimate of drug-likeness (QED) is 0.344. The molecule has 3 heterocycles. The zero-order chi connectivity index (χ0) is 17.0. The van der Waals surface area contributed by atoms with E-state index in [2.05, 4.69) is 27.4 Å². The number of hydrogen-bond donors (Lipinski definition) is 3. The largest absolute Gasteiger partial charge is 2.00 e. The fraction of sp³-hybridized carbons (Fsp3) is 0.833. The third-order valence-electron chi connectivity index (χ3n) is 5.89. The molecule has 0 radical (unpaired) electrons. The summed E-state index contributed by atoms with van der Waals surface area (Å²) in [6.07, 6.45) is 7.56. The maximum absolute atomic E-state index is 12.6. The SMILES string of the molecule is CC1(CN)CCN([CH-]NC[CH-]C(=O)N2CCCC3NCCCC32)C1.[Os+2].